The van der Waals surface area contributed by atoms with Gasteiger partial charge in [0.05, 0.1) is 6.04 Å². The first-order chi connectivity index (χ1) is 20.5. The number of ether oxygens (including phenoxy) is 1. The maximum absolute atomic E-state index is 15.4. The van der Waals surface area contributed by atoms with Crippen molar-refractivity contribution < 1.29 is 18.3 Å². The predicted molar refractivity (Wildman–Crippen MR) is 155 cm³/mol. The number of rotatable bonds is 5. The summed E-state index contributed by atoms with van der Waals surface area (Å²) < 4.78 is 37.7. The molecule has 3 saturated carbocycles. The van der Waals surface area contributed by atoms with E-state index in [1.807, 2.05) is 64.5 Å². The summed E-state index contributed by atoms with van der Waals surface area (Å²) >= 11 is 1.47. The third kappa shape index (κ3) is 3.82. The molecule has 0 spiro atoms. The van der Waals surface area contributed by atoms with Crippen LogP contribution in [0.1, 0.15) is 51.6 Å². The maximum Gasteiger partial charge on any atom is 0.278 e. The van der Waals surface area contributed by atoms with Gasteiger partial charge in [-0.15, -0.1) is 11.8 Å². The highest BCUT2D eigenvalue weighted by Crippen LogP contribution is 2.57. The average molecular weight is 584 g/mol. The largest absolute Gasteiger partial charge is 0.482 e. The molecular formula is C33H27F2N3O3S. The van der Waals surface area contributed by atoms with Crippen molar-refractivity contribution in [2.45, 2.75) is 42.2 Å². The first-order valence-corrected chi connectivity index (χ1v) is 15.2. The number of aromatic nitrogens is 1. The number of carbonyl (C=O) groups excluding carboxylic acids is 1. The van der Waals surface area contributed by atoms with Crippen molar-refractivity contribution in [2.24, 2.45) is 11.8 Å². The summed E-state index contributed by atoms with van der Waals surface area (Å²) in [5.74, 6) is -0.832. The molecule has 9 heteroatoms. The van der Waals surface area contributed by atoms with Crippen LogP contribution in [0.3, 0.4) is 0 Å². The Hall–Kier alpha value is -4.11. The summed E-state index contributed by atoms with van der Waals surface area (Å²) in [7, 11) is 0. The van der Waals surface area contributed by atoms with Crippen LogP contribution in [0.25, 0.3) is 0 Å². The Bertz CT molecular complexity index is 1780. The number of carbonyl (C=O) groups is 1. The number of benzene rings is 3. The van der Waals surface area contributed by atoms with E-state index in [4.69, 9.17) is 4.74 Å². The second kappa shape index (κ2) is 9.73. The molecule has 212 valence electrons. The molecule has 0 saturated heterocycles. The van der Waals surface area contributed by atoms with Gasteiger partial charge in [-0.3, -0.25) is 19.3 Å². The van der Waals surface area contributed by atoms with Crippen LogP contribution in [-0.4, -0.2) is 28.2 Å². The van der Waals surface area contributed by atoms with Crippen LogP contribution in [0, 0.1) is 23.5 Å². The van der Waals surface area contributed by atoms with E-state index in [9.17, 15) is 14.0 Å². The SMILES string of the molecule is O=C1c2c(OCc3ccccc3)c(=O)ccn2N([C@@H]2c3ccccc3SCc3c2ccc(F)c3F)CN1C1C2CC1C2. The van der Waals surface area contributed by atoms with Crippen molar-refractivity contribution in [3.8, 4) is 5.75 Å². The summed E-state index contributed by atoms with van der Waals surface area (Å²) in [5, 5.41) is 2.00. The predicted octanol–water partition coefficient (Wildman–Crippen LogP) is 5.86. The first-order valence-electron chi connectivity index (χ1n) is 14.2. The van der Waals surface area contributed by atoms with Crippen LogP contribution >= 0.6 is 11.8 Å². The van der Waals surface area contributed by atoms with E-state index in [1.54, 1.807) is 16.9 Å². The van der Waals surface area contributed by atoms with E-state index < -0.39 is 17.7 Å². The minimum absolute atomic E-state index is 0.00385. The third-order valence-electron chi connectivity index (χ3n) is 9.25. The quantitative estimate of drug-likeness (QED) is 0.295. The van der Waals surface area contributed by atoms with Crippen LogP contribution < -0.4 is 15.2 Å². The minimum atomic E-state index is -0.885. The number of nitrogens with zero attached hydrogens (tertiary/aromatic N) is 3. The number of fused-ring (bicyclic) bond motifs is 3. The fraction of sp³-hybridized carbons (Fsp3) is 0.273. The van der Waals surface area contributed by atoms with Crippen LogP contribution in [0.5, 0.6) is 5.75 Å². The lowest BCUT2D eigenvalue weighted by Gasteiger charge is -2.63. The Balaban J connectivity index is 1.31. The highest BCUT2D eigenvalue weighted by atomic mass is 32.2. The van der Waals surface area contributed by atoms with E-state index >= 15 is 4.39 Å². The molecule has 3 fully saturated rings. The van der Waals surface area contributed by atoms with Gasteiger partial charge >= 0.3 is 0 Å². The molecule has 3 aliphatic carbocycles. The lowest BCUT2D eigenvalue weighted by atomic mass is 9.51. The number of amides is 1. The zero-order valence-electron chi connectivity index (χ0n) is 22.6. The van der Waals surface area contributed by atoms with Crippen molar-refractivity contribution in [1.29, 1.82) is 0 Å². The fourth-order valence-electron chi connectivity index (χ4n) is 6.90. The molecule has 5 aliphatic rings. The maximum atomic E-state index is 15.4. The van der Waals surface area contributed by atoms with Gasteiger partial charge in [0.15, 0.2) is 23.1 Å². The molecule has 2 aliphatic heterocycles. The zero-order chi connectivity index (χ0) is 28.5. The lowest BCUT2D eigenvalue weighted by molar-refractivity contribution is -0.103. The van der Waals surface area contributed by atoms with Gasteiger partial charge in [0, 0.05) is 34.5 Å². The number of hydrogen-bond acceptors (Lipinski definition) is 5. The highest BCUT2D eigenvalue weighted by Gasteiger charge is 2.58. The average Bonchev–Trinajstić information content (AvgIpc) is 3.12. The topological polar surface area (TPSA) is 54.8 Å². The van der Waals surface area contributed by atoms with Gasteiger partial charge < -0.3 is 9.64 Å². The van der Waals surface area contributed by atoms with Crippen LogP contribution in [0.2, 0.25) is 0 Å². The van der Waals surface area contributed by atoms with Crippen molar-refractivity contribution >= 4 is 17.7 Å². The Labute approximate surface area is 245 Å². The molecule has 0 radical (unpaired) electrons. The number of hydrogen-bond donors (Lipinski definition) is 0. The Kier molecular flexibility index (Phi) is 5.93. The molecular weight excluding hydrogens is 556 g/mol. The molecule has 2 bridgehead atoms. The molecule has 3 heterocycles. The monoisotopic (exact) mass is 583 g/mol. The molecule has 42 heavy (non-hydrogen) atoms. The van der Waals surface area contributed by atoms with Gasteiger partial charge in [0.25, 0.3) is 5.91 Å². The van der Waals surface area contributed by atoms with Gasteiger partial charge in [0.2, 0.25) is 5.43 Å². The van der Waals surface area contributed by atoms with Gasteiger partial charge in [-0.25, -0.2) is 8.78 Å². The van der Waals surface area contributed by atoms with Gasteiger partial charge in [-0.2, -0.15) is 0 Å². The van der Waals surface area contributed by atoms with Crippen LogP contribution in [-0.2, 0) is 12.4 Å². The molecule has 1 aromatic heterocycles. The second-order valence-electron chi connectivity index (χ2n) is 11.5. The van der Waals surface area contributed by atoms with Gasteiger partial charge in [-0.1, -0.05) is 54.6 Å². The summed E-state index contributed by atoms with van der Waals surface area (Å²) in [5.41, 5.74) is 2.52. The Morgan fingerprint density at radius 1 is 0.881 bits per heavy atom. The Morgan fingerprint density at radius 3 is 2.40 bits per heavy atom. The first kappa shape index (κ1) is 25.6. The van der Waals surface area contributed by atoms with Gasteiger partial charge in [0.1, 0.15) is 13.3 Å². The minimum Gasteiger partial charge on any atom is -0.482 e. The normalized spacial score (nSPS) is 23.6. The summed E-state index contributed by atoms with van der Waals surface area (Å²) in [6, 6.07) is 21.1. The molecule has 3 aromatic carbocycles. The van der Waals surface area contributed by atoms with E-state index in [2.05, 4.69) is 0 Å². The fourth-order valence-corrected chi connectivity index (χ4v) is 8.02. The standard InChI is InChI=1S/C33H27F2N3O3S/c34-25-11-10-22-24(28(25)35)17-42-27-9-5-4-8-23(27)30(22)38-18-36(29-20-14-21(29)15-20)33(40)31-32(26(39)12-13-37(31)38)41-16-19-6-2-1-3-7-19/h1-13,20-21,29-30H,14-18H2/t20?,21?,29?,30-/m0/s1. The zero-order valence-corrected chi connectivity index (χ0v) is 23.4. The van der Waals surface area contributed by atoms with Crippen LogP contribution in [0.4, 0.5) is 8.78 Å². The Morgan fingerprint density at radius 2 is 1.64 bits per heavy atom. The molecule has 9 rings (SSSR count). The smallest absolute Gasteiger partial charge is 0.278 e. The molecule has 0 unspecified atom stereocenters. The van der Waals surface area contributed by atoms with Crippen molar-refractivity contribution in [3.63, 3.8) is 0 Å². The van der Waals surface area contributed by atoms with E-state index in [1.165, 1.54) is 23.9 Å². The summed E-state index contributed by atoms with van der Waals surface area (Å²) in [6.45, 7) is 0.373. The van der Waals surface area contributed by atoms with Crippen molar-refractivity contribution in [3.05, 3.63) is 129 Å². The van der Waals surface area contributed by atoms with Crippen LogP contribution in [0.15, 0.2) is 88.7 Å². The molecule has 0 N–H and O–H groups in total. The molecule has 1 amide bonds. The van der Waals surface area contributed by atoms with E-state index in [0.29, 0.717) is 23.0 Å². The third-order valence-corrected chi connectivity index (χ3v) is 10.4. The van der Waals surface area contributed by atoms with Crippen molar-refractivity contribution in [2.75, 3.05) is 11.7 Å². The highest BCUT2D eigenvalue weighted by molar-refractivity contribution is 7.98. The second-order valence-corrected chi connectivity index (χ2v) is 12.5. The van der Waals surface area contributed by atoms with Gasteiger partial charge in [-0.05, 0) is 53.5 Å². The van der Waals surface area contributed by atoms with E-state index in [0.717, 1.165) is 28.9 Å². The summed E-state index contributed by atoms with van der Waals surface area (Å²) in [6.07, 6.45) is 3.80. The molecule has 1 atom stereocenters. The molecule has 6 nitrogen and oxygen atoms in total. The van der Waals surface area contributed by atoms with E-state index in [-0.39, 0.29) is 47.8 Å². The number of thioether (sulfide) groups is 1. The number of halogens is 2. The van der Waals surface area contributed by atoms with Crippen molar-refractivity contribution in [1.82, 2.24) is 9.58 Å². The number of pyridine rings is 1. The lowest BCUT2D eigenvalue weighted by Crippen LogP contribution is -2.69. The summed E-state index contributed by atoms with van der Waals surface area (Å²) in [4.78, 5) is 30.3. The molecule has 4 aromatic rings.